The summed E-state index contributed by atoms with van der Waals surface area (Å²) in [6.45, 7) is 6.08. The summed E-state index contributed by atoms with van der Waals surface area (Å²) in [7, 11) is 1.52. The van der Waals surface area contributed by atoms with Crippen LogP contribution in [0.3, 0.4) is 0 Å². The number of benzene rings is 1. The van der Waals surface area contributed by atoms with Crippen molar-refractivity contribution in [2.75, 3.05) is 44.0 Å². The van der Waals surface area contributed by atoms with Crippen LogP contribution in [0.25, 0.3) is 0 Å². The van der Waals surface area contributed by atoms with E-state index in [0.29, 0.717) is 52.6 Å². The molecule has 1 atom stereocenters. The monoisotopic (exact) mass is 548 g/mol. The highest BCUT2D eigenvalue weighted by molar-refractivity contribution is 7.17. The molecule has 0 aliphatic carbocycles. The number of fused-ring (bicyclic) bond motifs is 1. The maximum atomic E-state index is 13.6. The molecule has 2 aliphatic heterocycles. The highest BCUT2D eigenvalue weighted by Crippen LogP contribution is 2.38. The molecule has 1 saturated heterocycles. The molecule has 9 nitrogen and oxygen atoms in total. The Morgan fingerprint density at radius 3 is 2.73 bits per heavy atom. The van der Waals surface area contributed by atoms with Gasteiger partial charge in [0.1, 0.15) is 10.8 Å². The van der Waals surface area contributed by atoms with Gasteiger partial charge in [0.15, 0.2) is 0 Å². The Hall–Kier alpha value is -2.82. The van der Waals surface area contributed by atoms with Gasteiger partial charge < -0.3 is 25.0 Å². The number of piperidine rings is 1. The number of carbonyl (C=O) groups excluding carboxylic acids is 3. The maximum absolute atomic E-state index is 13.6. The smallest absolute Gasteiger partial charge is 0.410 e. The largest absolute Gasteiger partial charge is 0.495 e. The Labute approximate surface area is 226 Å². The fraction of sp³-hybridized carbons (Fsp3) is 0.500. The predicted molar refractivity (Wildman–Crippen MR) is 145 cm³/mol. The van der Waals surface area contributed by atoms with Crippen LogP contribution < -0.4 is 15.4 Å². The molecule has 0 radical (unpaired) electrons. The third-order valence-corrected chi connectivity index (χ3v) is 8.13. The number of ether oxygens (including phenoxy) is 2. The van der Waals surface area contributed by atoms with Crippen molar-refractivity contribution < 1.29 is 23.9 Å². The van der Waals surface area contributed by atoms with Crippen LogP contribution in [0.5, 0.6) is 5.75 Å². The summed E-state index contributed by atoms with van der Waals surface area (Å²) in [6.07, 6.45) is 3.40. The molecular weight excluding hydrogens is 516 g/mol. The number of hydrogen-bond acceptors (Lipinski definition) is 7. The topological polar surface area (TPSA) is 100 Å². The SMILES string of the molecule is CCOC(=O)N1CCc2c(sc(NC(=O)CN3CCCC[C@@H]3C)c2C(=O)Nc2cc(Cl)ccc2OC)C1. The van der Waals surface area contributed by atoms with Gasteiger partial charge in [0.25, 0.3) is 5.91 Å². The van der Waals surface area contributed by atoms with E-state index in [1.807, 2.05) is 0 Å². The number of hydrogen-bond donors (Lipinski definition) is 2. The van der Waals surface area contributed by atoms with Crippen molar-refractivity contribution >= 4 is 51.5 Å². The lowest BCUT2D eigenvalue weighted by molar-refractivity contribution is -0.118. The van der Waals surface area contributed by atoms with Crippen LogP contribution in [0, 0.1) is 0 Å². The average molecular weight is 549 g/mol. The van der Waals surface area contributed by atoms with Crippen LogP contribution in [0.4, 0.5) is 15.5 Å². The first-order valence-electron chi connectivity index (χ1n) is 12.6. The summed E-state index contributed by atoms with van der Waals surface area (Å²) in [6, 6.07) is 5.32. The van der Waals surface area contributed by atoms with Gasteiger partial charge in [-0.2, -0.15) is 0 Å². The zero-order chi connectivity index (χ0) is 26.5. The van der Waals surface area contributed by atoms with Crippen molar-refractivity contribution in [2.45, 2.75) is 52.1 Å². The lowest BCUT2D eigenvalue weighted by Crippen LogP contribution is -2.42. The highest BCUT2D eigenvalue weighted by Gasteiger charge is 2.32. The lowest BCUT2D eigenvalue weighted by Gasteiger charge is -2.32. The maximum Gasteiger partial charge on any atom is 0.410 e. The molecule has 0 bridgehead atoms. The number of likely N-dealkylation sites (tertiary alicyclic amines) is 1. The second-order valence-electron chi connectivity index (χ2n) is 9.24. The molecule has 0 saturated carbocycles. The van der Waals surface area contributed by atoms with Crippen LogP contribution in [-0.4, -0.2) is 67.1 Å². The van der Waals surface area contributed by atoms with Crippen LogP contribution in [0.1, 0.15) is 53.9 Å². The summed E-state index contributed by atoms with van der Waals surface area (Å²) in [5.41, 5.74) is 1.67. The van der Waals surface area contributed by atoms with E-state index in [-0.39, 0.29) is 31.1 Å². The minimum atomic E-state index is -0.388. The summed E-state index contributed by atoms with van der Waals surface area (Å²) in [5.74, 6) is -0.0618. The molecule has 37 heavy (non-hydrogen) atoms. The Bertz CT molecular complexity index is 1170. The normalized spacial score (nSPS) is 17.6. The fourth-order valence-corrected chi connectivity index (χ4v) is 6.26. The second-order valence-corrected chi connectivity index (χ2v) is 10.8. The second kappa shape index (κ2) is 12.1. The zero-order valence-corrected chi connectivity index (χ0v) is 23.0. The Morgan fingerprint density at radius 2 is 2.00 bits per heavy atom. The van der Waals surface area contributed by atoms with Crippen molar-refractivity contribution in [3.05, 3.63) is 39.2 Å². The first-order valence-corrected chi connectivity index (χ1v) is 13.7. The van der Waals surface area contributed by atoms with Gasteiger partial charge in [-0.1, -0.05) is 18.0 Å². The number of carbonyl (C=O) groups is 3. The van der Waals surface area contributed by atoms with Gasteiger partial charge >= 0.3 is 6.09 Å². The molecule has 1 aromatic carbocycles. The quantitative estimate of drug-likeness (QED) is 0.505. The molecule has 200 valence electrons. The van der Waals surface area contributed by atoms with Crippen molar-refractivity contribution in [2.24, 2.45) is 0 Å². The molecule has 0 spiro atoms. The van der Waals surface area contributed by atoms with Gasteiger partial charge in [-0.25, -0.2) is 4.79 Å². The van der Waals surface area contributed by atoms with Crippen LogP contribution in [0.15, 0.2) is 18.2 Å². The molecule has 2 aliphatic rings. The van der Waals surface area contributed by atoms with Crippen molar-refractivity contribution in [1.82, 2.24) is 9.80 Å². The molecule has 3 heterocycles. The number of nitrogens with one attached hydrogen (secondary N) is 2. The highest BCUT2D eigenvalue weighted by atomic mass is 35.5. The minimum absolute atomic E-state index is 0.163. The number of nitrogens with zero attached hydrogens (tertiary/aromatic N) is 2. The Morgan fingerprint density at radius 1 is 1.19 bits per heavy atom. The van der Waals surface area contributed by atoms with E-state index < -0.39 is 0 Å². The van der Waals surface area contributed by atoms with Crippen molar-refractivity contribution in [3.8, 4) is 5.75 Å². The van der Waals surface area contributed by atoms with Gasteiger partial charge in [-0.05, 0) is 63.4 Å². The summed E-state index contributed by atoms with van der Waals surface area (Å²) in [5, 5.41) is 6.83. The molecule has 1 aromatic heterocycles. The van der Waals surface area contributed by atoms with Gasteiger partial charge in [0.2, 0.25) is 5.91 Å². The van der Waals surface area contributed by atoms with Gasteiger partial charge in [-0.3, -0.25) is 14.5 Å². The molecule has 2 N–H and O–H groups in total. The van der Waals surface area contributed by atoms with E-state index in [1.54, 1.807) is 30.0 Å². The number of anilines is 2. The van der Waals surface area contributed by atoms with Crippen molar-refractivity contribution in [1.29, 1.82) is 0 Å². The Balaban J connectivity index is 1.61. The third-order valence-electron chi connectivity index (χ3n) is 6.76. The van der Waals surface area contributed by atoms with Crippen LogP contribution in [-0.2, 0) is 22.5 Å². The molecular formula is C26H33ClN4O5S. The zero-order valence-electron chi connectivity index (χ0n) is 21.4. The fourth-order valence-electron chi connectivity index (χ4n) is 4.81. The van der Waals surface area contributed by atoms with E-state index in [1.165, 1.54) is 24.9 Å². The van der Waals surface area contributed by atoms with Gasteiger partial charge in [0, 0.05) is 22.5 Å². The molecule has 3 amide bonds. The number of methoxy groups -OCH3 is 1. The van der Waals surface area contributed by atoms with Gasteiger partial charge in [0.05, 0.1) is 38.1 Å². The van der Waals surface area contributed by atoms with Crippen LogP contribution in [0.2, 0.25) is 5.02 Å². The first kappa shape index (κ1) is 27.2. The predicted octanol–water partition coefficient (Wildman–Crippen LogP) is 4.99. The van der Waals surface area contributed by atoms with E-state index in [0.717, 1.165) is 29.8 Å². The van der Waals surface area contributed by atoms with Gasteiger partial charge in [-0.15, -0.1) is 11.3 Å². The first-order chi connectivity index (χ1) is 17.8. The van der Waals surface area contributed by atoms with Crippen LogP contribution >= 0.6 is 22.9 Å². The van der Waals surface area contributed by atoms with E-state index >= 15 is 0 Å². The summed E-state index contributed by atoms with van der Waals surface area (Å²) in [4.78, 5) is 43.7. The number of thiophene rings is 1. The standard InChI is InChI=1S/C26H33ClN4O5S/c1-4-36-26(34)31-12-10-18-21(14-31)37-25(29-22(32)15-30-11-6-5-7-16(30)2)23(18)24(33)28-19-13-17(27)8-9-20(19)35-3/h8-9,13,16H,4-7,10-12,14-15H2,1-3H3,(H,28,33)(H,29,32)/t16-/m0/s1. The average Bonchev–Trinajstić information content (AvgIpc) is 3.22. The molecule has 0 unspecified atom stereocenters. The molecule has 1 fully saturated rings. The van der Waals surface area contributed by atoms with E-state index in [4.69, 9.17) is 21.1 Å². The molecule has 4 rings (SSSR count). The van der Waals surface area contributed by atoms with Crippen molar-refractivity contribution in [3.63, 3.8) is 0 Å². The minimum Gasteiger partial charge on any atom is -0.495 e. The molecule has 11 heteroatoms. The Kier molecular flexibility index (Phi) is 8.94. The summed E-state index contributed by atoms with van der Waals surface area (Å²) < 4.78 is 10.5. The van der Waals surface area contributed by atoms with E-state index in [9.17, 15) is 14.4 Å². The number of halogens is 1. The van der Waals surface area contributed by atoms with E-state index in [2.05, 4.69) is 22.5 Å². The summed E-state index contributed by atoms with van der Waals surface area (Å²) >= 11 is 7.48. The lowest BCUT2D eigenvalue weighted by atomic mass is 10.0. The number of amides is 3. The third kappa shape index (κ3) is 6.37. The molecule has 2 aromatic rings. The number of rotatable bonds is 7.